The summed E-state index contributed by atoms with van der Waals surface area (Å²) in [7, 11) is 1.63. The molecule has 3 nitrogen and oxygen atoms in total. The lowest BCUT2D eigenvalue weighted by Gasteiger charge is -2.22. The van der Waals surface area contributed by atoms with Gasteiger partial charge in [-0.05, 0) is 36.6 Å². The van der Waals surface area contributed by atoms with E-state index in [9.17, 15) is 4.39 Å². The first-order valence-corrected chi connectivity index (χ1v) is 10.9. The van der Waals surface area contributed by atoms with E-state index >= 15 is 0 Å². The van der Waals surface area contributed by atoms with Gasteiger partial charge in [-0.25, -0.2) is 4.39 Å². The molecule has 0 atom stereocenters. The number of halogens is 2. The number of rotatable bonds is 7. The lowest BCUT2D eigenvalue weighted by molar-refractivity contribution is 0.279. The van der Waals surface area contributed by atoms with Crippen LogP contribution < -0.4 is 14.8 Å². The molecule has 1 saturated carbocycles. The van der Waals surface area contributed by atoms with Crippen molar-refractivity contribution < 1.29 is 13.9 Å². The molecule has 0 saturated heterocycles. The molecule has 0 spiro atoms. The average molecular weight is 450 g/mol. The van der Waals surface area contributed by atoms with Gasteiger partial charge < -0.3 is 14.8 Å². The molecule has 5 heteroatoms. The highest BCUT2D eigenvalue weighted by Crippen LogP contribution is 2.34. The number of ether oxygens (including phenoxy) is 2. The Hall–Kier alpha value is -1.59. The number of methoxy groups -OCH3 is 1. The Labute approximate surface area is 175 Å². The van der Waals surface area contributed by atoms with Gasteiger partial charge in [0, 0.05) is 22.6 Å². The second-order valence-corrected chi connectivity index (χ2v) is 8.25. The first kappa shape index (κ1) is 21.1. The minimum atomic E-state index is -0.263. The summed E-state index contributed by atoms with van der Waals surface area (Å²) in [5, 5.41) is 3.71. The summed E-state index contributed by atoms with van der Waals surface area (Å²) < 4.78 is 26.1. The van der Waals surface area contributed by atoms with Crippen LogP contribution in [0.25, 0.3) is 0 Å². The second kappa shape index (κ2) is 10.8. The third-order valence-corrected chi connectivity index (χ3v) is 6.10. The highest BCUT2D eigenvalue weighted by atomic mass is 79.9. The van der Waals surface area contributed by atoms with Crippen molar-refractivity contribution in [2.75, 3.05) is 7.11 Å². The number of benzene rings is 2. The highest BCUT2D eigenvalue weighted by Gasteiger charge is 2.14. The zero-order valence-corrected chi connectivity index (χ0v) is 18.1. The predicted molar refractivity (Wildman–Crippen MR) is 114 cm³/mol. The standard InChI is InChI=1S/C23H29BrFNO2/c1-27-22-13-18(15-26-19-10-5-3-2-4-6-11-19)20(24)14-23(22)28-16-17-9-7-8-12-21(17)25/h7-9,12-14,19,26H,2-6,10-11,15-16H2,1H3. The summed E-state index contributed by atoms with van der Waals surface area (Å²) in [4.78, 5) is 0. The van der Waals surface area contributed by atoms with Gasteiger partial charge in [-0.3, -0.25) is 0 Å². The first-order chi connectivity index (χ1) is 13.7. The van der Waals surface area contributed by atoms with E-state index in [-0.39, 0.29) is 12.4 Å². The molecule has 0 bridgehead atoms. The van der Waals surface area contributed by atoms with E-state index in [1.165, 1.54) is 51.0 Å². The van der Waals surface area contributed by atoms with Gasteiger partial charge in [0.25, 0.3) is 0 Å². The molecule has 3 rings (SSSR count). The van der Waals surface area contributed by atoms with E-state index in [0.29, 0.717) is 23.1 Å². The second-order valence-electron chi connectivity index (χ2n) is 7.40. The van der Waals surface area contributed by atoms with Crippen LogP contribution in [0.4, 0.5) is 4.39 Å². The van der Waals surface area contributed by atoms with Crippen molar-refractivity contribution in [1.29, 1.82) is 0 Å². The van der Waals surface area contributed by atoms with Crippen LogP contribution in [-0.4, -0.2) is 13.2 Å². The normalized spacial score (nSPS) is 15.7. The molecular formula is C23H29BrFNO2. The van der Waals surface area contributed by atoms with Crippen LogP contribution in [0.5, 0.6) is 11.5 Å². The van der Waals surface area contributed by atoms with Crippen molar-refractivity contribution in [3.8, 4) is 11.5 Å². The molecule has 2 aromatic rings. The SMILES string of the molecule is COc1cc(CNC2CCCCCCC2)c(Br)cc1OCc1ccccc1F. The fraction of sp³-hybridized carbons (Fsp3) is 0.478. The number of hydrogen-bond donors (Lipinski definition) is 1. The zero-order valence-electron chi connectivity index (χ0n) is 16.5. The molecule has 28 heavy (non-hydrogen) atoms. The lowest BCUT2D eigenvalue weighted by Crippen LogP contribution is -2.29. The maximum atomic E-state index is 13.8. The fourth-order valence-corrected chi connectivity index (χ4v) is 4.13. The summed E-state index contributed by atoms with van der Waals surface area (Å²) in [5.41, 5.74) is 1.66. The Morgan fingerprint density at radius 1 is 1.00 bits per heavy atom. The molecule has 0 amide bonds. The van der Waals surface area contributed by atoms with Gasteiger partial charge in [-0.2, -0.15) is 0 Å². The van der Waals surface area contributed by atoms with Crippen molar-refractivity contribution in [3.05, 3.63) is 57.8 Å². The maximum Gasteiger partial charge on any atom is 0.162 e. The Morgan fingerprint density at radius 3 is 2.43 bits per heavy atom. The summed E-state index contributed by atoms with van der Waals surface area (Å²) in [6.45, 7) is 0.949. The van der Waals surface area contributed by atoms with Gasteiger partial charge in [-0.15, -0.1) is 0 Å². The van der Waals surface area contributed by atoms with Crippen LogP contribution in [0.15, 0.2) is 40.9 Å². The third kappa shape index (κ3) is 5.95. The van der Waals surface area contributed by atoms with Crippen molar-refractivity contribution in [3.63, 3.8) is 0 Å². The molecule has 0 unspecified atom stereocenters. The van der Waals surface area contributed by atoms with E-state index in [1.54, 1.807) is 25.3 Å². The van der Waals surface area contributed by atoms with Crippen molar-refractivity contribution in [2.24, 2.45) is 0 Å². The van der Waals surface area contributed by atoms with Crippen molar-refractivity contribution >= 4 is 15.9 Å². The average Bonchev–Trinajstić information content (AvgIpc) is 2.67. The van der Waals surface area contributed by atoms with Crippen LogP contribution in [0.2, 0.25) is 0 Å². The quantitative estimate of drug-likeness (QED) is 0.531. The van der Waals surface area contributed by atoms with Gasteiger partial charge in [-0.1, -0.05) is 66.2 Å². The number of nitrogens with one attached hydrogen (secondary N) is 1. The first-order valence-electron chi connectivity index (χ1n) is 10.1. The summed E-state index contributed by atoms with van der Waals surface area (Å²) in [6, 6.07) is 11.1. The molecule has 0 aliphatic heterocycles. The molecule has 1 N–H and O–H groups in total. The smallest absolute Gasteiger partial charge is 0.162 e. The van der Waals surface area contributed by atoms with Crippen LogP contribution in [-0.2, 0) is 13.2 Å². The highest BCUT2D eigenvalue weighted by molar-refractivity contribution is 9.10. The number of hydrogen-bond acceptors (Lipinski definition) is 3. The Bertz CT molecular complexity index is 760. The summed E-state index contributed by atoms with van der Waals surface area (Å²) >= 11 is 3.65. The fourth-order valence-electron chi connectivity index (χ4n) is 3.67. The molecule has 152 valence electrons. The minimum Gasteiger partial charge on any atom is -0.493 e. The molecule has 1 fully saturated rings. The van der Waals surface area contributed by atoms with Crippen LogP contribution in [0.3, 0.4) is 0 Å². The molecular weight excluding hydrogens is 421 g/mol. The van der Waals surface area contributed by atoms with Crippen LogP contribution >= 0.6 is 15.9 Å². The summed E-state index contributed by atoms with van der Waals surface area (Å²) in [6.07, 6.45) is 9.20. The molecule has 1 aliphatic carbocycles. The molecule has 2 aromatic carbocycles. The van der Waals surface area contributed by atoms with Gasteiger partial charge >= 0.3 is 0 Å². The van der Waals surface area contributed by atoms with Gasteiger partial charge in [0.15, 0.2) is 11.5 Å². The van der Waals surface area contributed by atoms with Crippen molar-refractivity contribution in [1.82, 2.24) is 5.32 Å². The Balaban J connectivity index is 1.64. The van der Waals surface area contributed by atoms with E-state index in [4.69, 9.17) is 9.47 Å². The molecule has 0 aromatic heterocycles. The van der Waals surface area contributed by atoms with Crippen LogP contribution in [0.1, 0.15) is 56.1 Å². The topological polar surface area (TPSA) is 30.5 Å². The Kier molecular flexibility index (Phi) is 8.16. The van der Waals surface area contributed by atoms with Gasteiger partial charge in [0.05, 0.1) is 7.11 Å². The maximum absolute atomic E-state index is 13.8. The third-order valence-electron chi connectivity index (χ3n) is 5.36. The van der Waals surface area contributed by atoms with Crippen LogP contribution in [0, 0.1) is 5.82 Å². The summed E-state index contributed by atoms with van der Waals surface area (Å²) in [5.74, 6) is 1.00. The Morgan fingerprint density at radius 2 is 1.71 bits per heavy atom. The molecule has 0 radical (unpaired) electrons. The van der Waals surface area contributed by atoms with E-state index in [1.807, 2.05) is 12.1 Å². The van der Waals surface area contributed by atoms with Gasteiger partial charge in [0.2, 0.25) is 0 Å². The monoisotopic (exact) mass is 449 g/mol. The molecule has 0 heterocycles. The largest absolute Gasteiger partial charge is 0.493 e. The van der Waals surface area contributed by atoms with E-state index in [2.05, 4.69) is 21.2 Å². The minimum absolute atomic E-state index is 0.162. The predicted octanol–water partition coefficient (Wildman–Crippen LogP) is 6.38. The van der Waals surface area contributed by atoms with Crippen molar-refractivity contribution in [2.45, 2.75) is 64.1 Å². The van der Waals surface area contributed by atoms with E-state index in [0.717, 1.165) is 16.6 Å². The lowest BCUT2D eigenvalue weighted by atomic mass is 9.96. The molecule has 1 aliphatic rings. The zero-order chi connectivity index (χ0) is 19.8. The van der Waals surface area contributed by atoms with E-state index < -0.39 is 0 Å². The van der Waals surface area contributed by atoms with Gasteiger partial charge in [0.1, 0.15) is 12.4 Å².